The number of pyridine rings is 1. The molecule has 0 saturated heterocycles. The van der Waals surface area contributed by atoms with Gasteiger partial charge in [0, 0.05) is 48.3 Å². The van der Waals surface area contributed by atoms with Gasteiger partial charge < -0.3 is 14.0 Å². The van der Waals surface area contributed by atoms with Gasteiger partial charge in [-0.2, -0.15) is 0 Å². The molecule has 2 aromatic heterocycles. The van der Waals surface area contributed by atoms with Crippen LogP contribution in [0.15, 0.2) is 36.4 Å². The molecule has 0 aliphatic rings. The first-order valence-corrected chi connectivity index (χ1v) is 9.64. The maximum Gasteiger partial charge on any atom is 0.339 e. The van der Waals surface area contributed by atoms with E-state index in [1.807, 2.05) is 51.1 Å². The second-order valence-electron chi connectivity index (χ2n) is 7.11. The lowest BCUT2D eigenvalue weighted by Gasteiger charge is -2.10. The molecular formula is C23H26N2O4. The molecule has 0 fully saturated rings. The highest BCUT2D eigenvalue weighted by Gasteiger charge is 2.19. The van der Waals surface area contributed by atoms with Crippen LogP contribution < -0.4 is 0 Å². The first-order valence-electron chi connectivity index (χ1n) is 9.64. The first kappa shape index (κ1) is 20.7. The summed E-state index contributed by atoms with van der Waals surface area (Å²) in [5.41, 5.74) is 4.34. The fourth-order valence-corrected chi connectivity index (χ4v) is 3.56. The molecule has 0 N–H and O–H groups in total. The normalized spacial score (nSPS) is 11.0. The second-order valence-corrected chi connectivity index (χ2v) is 7.11. The van der Waals surface area contributed by atoms with Crippen LogP contribution in [0.5, 0.6) is 0 Å². The molecule has 0 aliphatic heterocycles. The molecule has 2 heterocycles. The maximum atomic E-state index is 12.7. The number of ketones is 1. The van der Waals surface area contributed by atoms with Crippen LogP contribution in [-0.2, 0) is 16.0 Å². The second kappa shape index (κ2) is 9.01. The van der Waals surface area contributed by atoms with Crippen LogP contribution in [-0.4, -0.2) is 41.6 Å². The number of methoxy groups -OCH3 is 1. The number of nitrogens with zero attached hydrogens (tertiary/aromatic N) is 2. The molecule has 0 radical (unpaired) electrons. The number of benzene rings is 1. The minimum absolute atomic E-state index is 0.209. The Labute approximate surface area is 170 Å². The summed E-state index contributed by atoms with van der Waals surface area (Å²) in [6.45, 7) is 6.85. The average Bonchev–Trinajstić information content (AvgIpc) is 2.99. The Kier molecular flexibility index (Phi) is 6.44. The summed E-state index contributed by atoms with van der Waals surface area (Å²) < 4.78 is 12.6. The monoisotopic (exact) mass is 394 g/mol. The third-order valence-corrected chi connectivity index (χ3v) is 5.00. The van der Waals surface area contributed by atoms with E-state index in [-0.39, 0.29) is 12.4 Å². The van der Waals surface area contributed by atoms with Crippen molar-refractivity contribution in [3.8, 4) is 0 Å². The largest absolute Gasteiger partial charge is 0.454 e. The van der Waals surface area contributed by atoms with Gasteiger partial charge in [0.15, 0.2) is 6.61 Å². The predicted octanol–water partition coefficient (Wildman–Crippen LogP) is 4.04. The van der Waals surface area contributed by atoms with Crippen molar-refractivity contribution >= 4 is 22.7 Å². The number of hydrogen-bond acceptors (Lipinski definition) is 5. The van der Waals surface area contributed by atoms with E-state index in [2.05, 4.69) is 9.55 Å². The summed E-state index contributed by atoms with van der Waals surface area (Å²) in [6.07, 6.45) is 0.865. The smallest absolute Gasteiger partial charge is 0.339 e. The van der Waals surface area contributed by atoms with Gasteiger partial charge in [-0.15, -0.1) is 0 Å². The summed E-state index contributed by atoms with van der Waals surface area (Å²) in [5.74, 6) is -0.728. The zero-order valence-electron chi connectivity index (χ0n) is 17.3. The number of para-hydroxylation sites is 1. The highest BCUT2D eigenvalue weighted by molar-refractivity contribution is 6.05. The van der Waals surface area contributed by atoms with E-state index in [1.54, 1.807) is 13.2 Å². The van der Waals surface area contributed by atoms with Gasteiger partial charge in [-0.1, -0.05) is 18.2 Å². The quantitative estimate of drug-likeness (QED) is 0.328. The first-order chi connectivity index (χ1) is 13.9. The Morgan fingerprint density at radius 2 is 1.83 bits per heavy atom. The van der Waals surface area contributed by atoms with Gasteiger partial charge in [0.25, 0.3) is 0 Å². The average molecular weight is 394 g/mol. The van der Waals surface area contributed by atoms with Crippen LogP contribution in [0.25, 0.3) is 10.9 Å². The number of aromatic nitrogens is 2. The summed E-state index contributed by atoms with van der Waals surface area (Å²) in [6, 6.07) is 10.9. The van der Waals surface area contributed by atoms with E-state index in [9.17, 15) is 9.59 Å². The Morgan fingerprint density at radius 3 is 2.59 bits per heavy atom. The molecule has 6 heteroatoms. The minimum Gasteiger partial charge on any atom is -0.454 e. The Bertz CT molecular complexity index is 1050. The summed E-state index contributed by atoms with van der Waals surface area (Å²) in [5, 5.41) is 0.715. The zero-order chi connectivity index (χ0) is 21.0. The van der Waals surface area contributed by atoms with E-state index in [4.69, 9.17) is 9.47 Å². The van der Waals surface area contributed by atoms with Crippen molar-refractivity contribution in [2.45, 2.75) is 33.7 Å². The Morgan fingerprint density at radius 1 is 1.07 bits per heavy atom. The number of carbonyl (C=O) groups excluding carboxylic acids is 2. The van der Waals surface area contributed by atoms with Crippen molar-refractivity contribution in [1.29, 1.82) is 0 Å². The van der Waals surface area contributed by atoms with Gasteiger partial charge in [0.2, 0.25) is 5.78 Å². The highest BCUT2D eigenvalue weighted by atomic mass is 16.5. The molecule has 0 bridgehead atoms. The zero-order valence-corrected chi connectivity index (χ0v) is 17.3. The number of ether oxygens (including phenoxy) is 2. The van der Waals surface area contributed by atoms with Crippen LogP contribution in [0.2, 0.25) is 0 Å². The number of aryl methyl sites for hydroxylation is 2. The van der Waals surface area contributed by atoms with Crippen LogP contribution in [0.3, 0.4) is 0 Å². The van der Waals surface area contributed by atoms with Crippen LogP contribution in [0.1, 0.15) is 44.2 Å². The van der Waals surface area contributed by atoms with Crippen molar-refractivity contribution in [3.05, 3.63) is 64.6 Å². The molecule has 0 atom stereocenters. The topological polar surface area (TPSA) is 70.4 Å². The fraction of sp³-hybridized carbons (Fsp3) is 0.348. The van der Waals surface area contributed by atoms with Crippen molar-refractivity contribution in [2.24, 2.45) is 0 Å². The molecule has 152 valence electrons. The predicted molar refractivity (Wildman–Crippen MR) is 111 cm³/mol. The standard InChI is InChI=1S/C23H26N2O4/c1-15-12-20(18-8-5-6-9-21(18)24-15)23(27)29-14-22(26)19-13-16(2)25(17(19)3)10-7-11-28-4/h5-6,8-9,12-13H,7,10-11,14H2,1-4H3. The van der Waals surface area contributed by atoms with Gasteiger partial charge in [0.05, 0.1) is 11.1 Å². The Hall–Kier alpha value is -2.99. The SMILES string of the molecule is COCCCn1c(C)cc(C(=O)COC(=O)c2cc(C)nc3ccccc23)c1C. The number of fused-ring (bicyclic) bond motifs is 1. The molecule has 0 unspecified atom stereocenters. The van der Waals surface area contributed by atoms with Gasteiger partial charge >= 0.3 is 5.97 Å². The van der Waals surface area contributed by atoms with Crippen molar-refractivity contribution in [3.63, 3.8) is 0 Å². The van der Waals surface area contributed by atoms with Crippen LogP contribution in [0.4, 0.5) is 0 Å². The molecule has 29 heavy (non-hydrogen) atoms. The molecule has 6 nitrogen and oxygen atoms in total. The molecule has 3 aromatic rings. The van der Waals surface area contributed by atoms with E-state index in [0.717, 1.165) is 35.6 Å². The molecule has 0 spiro atoms. The number of esters is 1. The lowest BCUT2D eigenvalue weighted by atomic mass is 10.1. The van der Waals surface area contributed by atoms with Crippen molar-refractivity contribution in [1.82, 2.24) is 9.55 Å². The van der Waals surface area contributed by atoms with Crippen LogP contribution in [0, 0.1) is 20.8 Å². The van der Waals surface area contributed by atoms with E-state index >= 15 is 0 Å². The summed E-state index contributed by atoms with van der Waals surface area (Å²) >= 11 is 0. The number of rotatable bonds is 8. The highest BCUT2D eigenvalue weighted by Crippen LogP contribution is 2.20. The Balaban J connectivity index is 1.73. The summed E-state index contributed by atoms with van der Waals surface area (Å²) in [7, 11) is 1.67. The number of carbonyl (C=O) groups is 2. The third kappa shape index (κ3) is 4.54. The van der Waals surface area contributed by atoms with Gasteiger partial charge in [-0.3, -0.25) is 9.78 Å². The van der Waals surface area contributed by atoms with E-state index in [1.165, 1.54) is 0 Å². The summed E-state index contributed by atoms with van der Waals surface area (Å²) in [4.78, 5) is 29.8. The lowest BCUT2D eigenvalue weighted by Crippen LogP contribution is -2.16. The van der Waals surface area contributed by atoms with Crippen LogP contribution >= 0.6 is 0 Å². The number of Topliss-reactive ketones (excluding diaryl/α,β-unsaturated/α-hetero) is 1. The van der Waals surface area contributed by atoms with Crippen molar-refractivity contribution in [2.75, 3.05) is 20.3 Å². The van der Waals surface area contributed by atoms with E-state index < -0.39 is 5.97 Å². The fourth-order valence-electron chi connectivity index (χ4n) is 3.56. The molecule has 1 aromatic carbocycles. The third-order valence-electron chi connectivity index (χ3n) is 5.00. The van der Waals surface area contributed by atoms with E-state index in [0.29, 0.717) is 23.1 Å². The number of hydrogen-bond donors (Lipinski definition) is 0. The molecule has 0 saturated carbocycles. The van der Waals surface area contributed by atoms with Crippen molar-refractivity contribution < 1.29 is 19.1 Å². The molecule has 0 aliphatic carbocycles. The van der Waals surface area contributed by atoms with Gasteiger partial charge in [-0.25, -0.2) is 4.79 Å². The lowest BCUT2D eigenvalue weighted by molar-refractivity contribution is 0.0476. The van der Waals surface area contributed by atoms with Gasteiger partial charge in [0.1, 0.15) is 0 Å². The minimum atomic E-state index is -0.519. The molecule has 3 rings (SSSR count). The molecular weight excluding hydrogens is 368 g/mol. The maximum absolute atomic E-state index is 12.7. The van der Waals surface area contributed by atoms with Gasteiger partial charge in [-0.05, 0) is 45.4 Å². The molecule has 0 amide bonds.